The number of carbonyl (C=O) groups is 1. The normalized spacial score (nSPS) is 16.0. The maximum atomic E-state index is 12.4. The van der Waals surface area contributed by atoms with Gasteiger partial charge in [-0.2, -0.15) is 0 Å². The van der Waals surface area contributed by atoms with Crippen LogP contribution in [0.3, 0.4) is 0 Å². The quantitative estimate of drug-likeness (QED) is 0.746. The predicted octanol–water partition coefficient (Wildman–Crippen LogP) is 4.87. The maximum absolute atomic E-state index is 12.4. The number of para-hydroxylation sites is 1. The van der Waals surface area contributed by atoms with Gasteiger partial charge in [0.2, 0.25) is 0 Å². The number of nitrogens with one attached hydrogen (secondary N) is 1. The molecule has 1 aliphatic heterocycles. The van der Waals surface area contributed by atoms with Crippen molar-refractivity contribution < 1.29 is 4.79 Å². The molecule has 1 heterocycles. The zero-order chi connectivity index (χ0) is 18.5. The largest absolute Gasteiger partial charge is 0.367 e. The number of benzene rings is 2. The summed E-state index contributed by atoms with van der Waals surface area (Å²) in [5.41, 5.74) is 6.27. The van der Waals surface area contributed by atoms with Crippen molar-refractivity contribution in [3.8, 4) is 0 Å². The zero-order valence-electron chi connectivity index (χ0n) is 15.9. The highest BCUT2D eigenvalue weighted by Gasteiger charge is 2.18. The summed E-state index contributed by atoms with van der Waals surface area (Å²) in [6, 6.07) is 16.7. The summed E-state index contributed by atoms with van der Waals surface area (Å²) in [6.07, 6.45) is 9.45. The fourth-order valence-corrected chi connectivity index (χ4v) is 4.12. The van der Waals surface area contributed by atoms with Crippen LogP contribution in [0.4, 0.5) is 5.69 Å². The van der Waals surface area contributed by atoms with Crippen LogP contribution in [0, 0.1) is 0 Å². The van der Waals surface area contributed by atoms with E-state index in [-0.39, 0.29) is 5.91 Å². The van der Waals surface area contributed by atoms with Gasteiger partial charge in [-0.15, -0.1) is 0 Å². The van der Waals surface area contributed by atoms with Crippen LogP contribution in [-0.4, -0.2) is 19.0 Å². The van der Waals surface area contributed by atoms with Crippen molar-refractivity contribution in [2.75, 3.05) is 18.0 Å². The van der Waals surface area contributed by atoms with E-state index >= 15 is 0 Å². The Labute approximate surface area is 162 Å². The fourth-order valence-electron chi connectivity index (χ4n) is 4.12. The average molecular weight is 361 g/mol. The summed E-state index contributed by atoms with van der Waals surface area (Å²) in [7, 11) is 0. The van der Waals surface area contributed by atoms with E-state index in [1.165, 1.54) is 48.1 Å². The number of allylic oxidation sites excluding steroid dienone is 1. The molecule has 1 amide bonds. The molecule has 1 aliphatic carbocycles. The number of carbonyl (C=O) groups excluding carboxylic acids is 1. The number of hydrogen-bond acceptors (Lipinski definition) is 2. The number of anilines is 1. The lowest BCUT2D eigenvalue weighted by Gasteiger charge is -2.19. The third-order valence-electron chi connectivity index (χ3n) is 5.69. The van der Waals surface area contributed by atoms with Crippen molar-refractivity contribution >= 4 is 11.6 Å². The van der Waals surface area contributed by atoms with Gasteiger partial charge in [0.05, 0.1) is 0 Å². The molecule has 0 spiro atoms. The van der Waals surface area contributed by atoms with Gasteiger partial charge in [-0.25, -0.2) is 0 Å². The Hall–Kier alpha value is -2.55. The zero-order valence-corrected chi connectivity index (χ0v) is 15.9. The van der Waals surface area contributed by atoms with Gasteiger partial charge < -0.3 is 10.2 Å². The molecule has 0 fully saturated rings. The van der Waals surface area contributed by atoms with Crippen molar-refractivity contribution in [1.82, 2.24) is 5.32 Å². The second-order valence-corrected chi connectivity index (χ2v) is 7.61. The Kier molecular flexibility index (Phi) is 5.57. The standard InChI is InChI=1S/C24H28N2O/c27-24(25-16-14-19-6-2-1-3-7-19)22-12-10-20(11-13-22)18-26-17-15-21-8-4-5-9-23(21)26/h4-6,8-13H,1-3,7,14-18H2,(H,25,27). The van der Waals surface area contributed by atoms with Crippen LogP contribution in [0.2, 0.25) is 0 Å². The second-order valence-electron chi connectivity index (χ2n) is 7.61. The Morgan fingerprint density at radius 1 is 1.00 bits per heavy atom. The molecule has 0 radical (unpaired) electrons. The van der Waals surface area contributed by atoms with Crippen LogP contribution in [0.25, 0.3) is 0 Å². The third-order valence-corrected chi connectivity index (χ3v) is 5.69. The molecule has 27 heavy (non-hydrogen) atoms. The van der Waals surface area contributed by atoms with E-state index in [0.717, 1.165) is 38.0 Å². The minimum atomic E-state index is 0.0319. The summed E-state index contributed by atoms with van der Waals surface area (Å²) >= 11 is 0. The summed E-state index contributed by atoms with van der Waals surface area (Å²) in [4.78, 5) is 14.8. The molecule has 0 saturated heterocycles. The van der Waals surface area contributed by atoms with E-state index in [1.807, 2.05) is 12.1 Å². The van der Waals surface area contributed by atoms with Crippen molar-refractivity contribution in [1.29, 1.82) is 0 Å². The third kappa shape index (κ3) is 4.41. The molecule has 0 atom stereocenters. The molecular weight excluding hydrogens is 332 g/mol. The number of fused-ring (bicyclic) bond motifs is 1. The molecule has 3 heteroatoms. The maximum Gasteiger partial charge on any atom is 0.251 e. The summed E-state index contributed by atoms with van der Waals surface area (Å²) in [6.45, 7) is 2.70. The first-order chi connectivity index (χ1) is 13.3. The van der Waals surface area contributed by atoms with E-state index in [9.17, 15) is 4.79 Å². The van der Waals surface area contributed by atoms with Gasteiger partial charge in [-0.3, -0.25) is 4.79 Å². The minimum Gasteiger partial charge on any atom is -0.367 e. The van der Waals surface area contributed by atoms with E-state index in [0.29, 0.717) is 0 Å². The van der Waals surface area contributed by atoms with E-state index in [1.54, 1.807) is 0 Å². The summed E-state index contributed by atoms with van der Waals surface area (Å²) in [5.74, 6) is 0.0319. The highest BCUT2D eigenvalue weighted by Crippen LogP contribution is 2.28. The Morgan fingerprint density at radius 2 is 1.85 bits per heavy atom. The lowest BCUT2D eigenvalue weighted by molar-refractivity contribution is 0.0954. The van der Waals surface area contributed by atoms with Gasteiger partial charge in [0, 0.05) is 30.9 Å². The minimum absolute atomic E-state index is 0.0319. The fraction of sp³-hybridized carbons (Fsp3) is 0.375. The molecule has 2 aromatic rings. The first kappa shape index (κ1) is 17.8. The van der Waals surface area contributed by atoms with Crippen LogP contribution >= 0.6 is 0 Å². The van der Waals surface area contributed by atoms with Crippen LogP contribution < -0.4 is 10.2 Å². The lowest BCUT2D eigenvalue weighted by Crippen LogP contribution is -2.25. The van der Waals surface area contributed by atoms with E-state index in [2.05, 4.69) is 52.7 Å². The van der Waals surface area contributed by atoms with E-state index in [4.69, 9.17) is 0 Å². The second kappa shape index (κ2) is 8.43. The topological polar surface area (TPSA) is 32.3 Å². The van der Waals surface area contributed by atoms with E-state index < -0.39 is 0 Å². The molecule has 3 nitrogen and oxygen atoms in total. The SMILES string of the molecule is O=C(NCCC1=CCCCC1)c1ccc(CN2CCc3ccccc32)cc1. The molecule has 0 aromatic heterocycles. The highest BCUT2D eigenvalue weighted by molar-refractivity contribution is 5.94. The van der Waals surface area contributed by atoms with Crippen LogP contribution in [0.1, 0.15) is 53.6 Å². The van der Waals surface area contributed by atoms with Crippen molar-refractivity contribution in [2.45, 2.75) is 45.1 Å². The summed E-state index contributed by atoms with van der Waals surface area (Å²) < 4.78 is 0. The van der Waals surface area contributed by atoms with Crippen LogP contribution in [-0.2, 0) is 13.0 Å². The van der Waals surface area contributed by atoms with Gasteiger partial charge in [0.1, 0.15) is 0 Å². The van der Waals surface area contributed by atoms with Gasteiger partial charge in [-0.1, -0.05) is 42.0 Å². The number of hydrogen-bond donors (Lipinski definition) is 1. The van der Waals surface area contributed by atoms with Crippen molar-refractivity contribution in [3.05, 3.63) is 76.9 Å². The summed E-state index contributed by atoms with van der Waals surface area (Å²) in [5, 5.41) is 3.06. The molecule has 0 bridgehead atoms. The smallest absolute Gasteiger partial charge is 0.251 e. The van der Waals surface area contributed by atoms with Crippen molar-refractivity contribution in [3.63, 3.8) is 0 Å². The predicted molar refractivity (Wildman–Crippen MR) is 111 cm³/mol. The Morgan fingerprint density at radius 3 is 2.67 bits per heavy atom. The van der Waals surface area contributed by atoms with Gasteiger partial charge in [-0.05, 0) is 67.9 Å². The molecule has 1 N–H and O–H groups in total. The van der Waals surface area contributed by atoms with Crippen LogP contribution in [0.15, 0.2) is 60.2 Å². The van der Waals surface area contributed by atoms with Gasteiger partial charge in [0.15, 0.2) is 0 Å². The Balaban J connectivity index is 1.29. The molecule has 2 aromatic carbocycles. The molecular formula is C24H28N2O. The number of rotatable bonds is 6. The molecule has 4 rings (SSSR count). The van der Waals surface area contributed by atoms with Gasteiger partial charge >= 0.3 is 0 Å². The highest BCUT2D eigenvalue weighted by atomic mass is 16.1. The monoisotopic (exact) mass is 360 g/mol. The molecule has 140 valence electrons. The molecule has 2 aliphatic rings. The lowest BCUT2D eigenvalue weighted by atomic mass is 9.97. The number of amides is 1. The Bertz CT molecular complexity index is 823. The number of nitrogens with zero attached hydrogens (tertiary/aromatic N) is 1. The van der Waals surface area contributed by atoms with Crippen LogP contribution in [0.5, 0.6) is 0 Å². The molecule has 0 unspecified atom stereocenters. The first-order valence-corrected chi connectivity index (χ1v) is 10.2. The molecule has 0 saturated carbocycles. The average Bonchev–Trinajstić information content (AvgIpc) is 3.12. The first-order valence-electron chi connectivity index (χ1n) is 10.2. The van der Waals surface area contributed by atoms with Gasteiger partial charge in [0.25, 0.3) is 5.91 Å². The van der Waals surface area contributed by atoms with Crippen molar-refractivity contribution in [2.24, 2.45) is 0 Å².